The Morgan fingerprint density at radius 2 is 1.70 bits per heavy atom. The minimum absolute atomic E-state index is 0.209. The van der Waals surface area contributed by atoms with Crippen LogP contribution < -0.4 is 0 Å². The van der Waals surface area contributed by atoms with Crippen LogP contribution in [0.1, 0.15) is 15.4 Å². The second-order valence-corrected chi connectivity index (χ2v) is 4.85. The molecule has 0 bridgehead atoms. The number of alkyl halides is 3. The highest BCUT2D eigenvalue weighted by molar-refractivity contribution is 7.12. The molecular weight excluding hydrogens is 291 g/mol. The minimum Gasteiger partial charge on any atom is -0.353 e. The van der Waals surface area contributed by atoms with E-state index in [9.17, 15) is 13.2 Å². The molecule has 0 unspecified atom stereocenters. The Kier molecular flexibility index (Phi) is 3.81. The van der Waals surface area contributed by atoms with Gasteiger partial charge in [-0.3, -0.25) is 0 Å². The van der Waals surface area contributed by atoms with Gasteiger partial charge in [-0.25, -0.2) is 4.98 Å². The molecular formula is C13H8F3NO2S. The lowest BCUT2D eigenvalue weighted by atomic mass is 10.2. The van der Waals surface area contributed by atoms with Crippen molar-refractivity contribution in [1.82, 2.24) is 4.98 Å². The summed E-state index contributed by atoms with van der Waals surface area (Å²) in [5.41, 5.74) is 0.692. The molecule has 0 amide bonds. The Morgan fingerprint density at radius 1 is 1.05 bits per heavy atom. The van der Waals surface area contributed by atoms with E-state index in [1.807, 2.05) is 6.07 Å². The highest BCUT2D eigenvalue weighted by atomic mass is 32.1. The first-order chi connectivity index (χ1) is 9.30. The summed E-state index contributed by atoms with van der Waals surface area (Å²) in [7, 11) is 0. The van der Waals surface area contributed by atoms with Gasteiger partial charge in [0.15, 0.2) is 5.01 Å². The lowest BCUT2D eigenvalue weighted by molar-refractivity contribution is -0.358. The molecule has 2 N–H and O–H groups in total. The number of halogens is 3. The third kappa shape index (κ3) is 2.99. The fourth-order valence-corrected chi connectivity index (χ4v) is 2.05. The number of aliphatic hydroxyl groups is 2. The zero-order valence-electron chi connectivity index (χ0n) is 9.85. The number of benzene rings is 1. The van der Waals surface area contributed by atoms with Crippen LogP contribution >= 0.6 is 11.3 Å². The molecule has 0 aliphatic rings. The Balaban J connectivity index is 2.25. The normalized spacial score (nSPS) is 11.8. The van der Waals surface area contributed by atoms with Crippen molar-refractivity contribution in [2.75, 3.05) is 0 Å². The molecule has 20 heavy (non-hydrogen) atoms. The van der Waals surface area contributed by atoms with Crippen molar-refractivity contribution in [2.45, 2.75) is 12.0 Å². The molecule has 1 aromatic carbocycles. The number of nitrogens with zero attached hydrogens (tertiary/aromatic N) is 1. The molecule has 0 saturated carbocycles. The lowest BCUT2D eigenvalue weighted by Crippen LogP contribution is -2.41. The molecule has 3 nitrogen and oxygen atoms in total. The summed E-state index contributed by atoms with van der Waals surface area (Å²) in [6, 6.07) is 8.85. The van der Waals surface area contributed by atoms with Gasteiger partial charge in [-0.1, -0.05) is 24.1 Å². The van der Waals surface area contributed by atoms with E-state index in [1.165, 1.54) is 0 Å². The average Bonchev–Trinajstić information content (AvgIpc) is 2.85. The van der Waals surface area contributed by atoms with Gasteiger partial charge in [-0.05, 0) is 18.1 Å². The fraction of sp³-hybridized carbons (Fsp3) is 0.154. The van der Waals surface area contributed by atoms with Crippen LogP contribution in [0.3, 0.4) is 0 Å². The Bertz CT molecular complexity index is 653. The third-order valence-corrected chi connectivity index (χ3v) is 3.31. The molecule has 104 valence electrons. The van der Waals surface area contributed by atoms with E-state index >= 15 is 0 Å². The van der Waals surface area contributed by atoms with Gasteiger partial charge < -0.3 is 10.2 Å². The van der Waals surface area contributed by atoms with Crippen LogP contribution in [0.15, 0.2) is 36.5 Å². The number of aromatic nitrogens is 1. The van der Waals surface area contributed by atoms with Crippen molar-refractivity contribution in [3.63, 3.8) is 0 Å². The van der Waals surface area contributed by atoms with Gasteiger partial charge in [-0.2, -0.15) is 13.2 Å². The van der Waals surface area contributed by atoms with Crippen LogP contribution in [-0.4, -0.2) is 21.4 Å². The predicted octanol–water partition coefficient (Wildman–Crippen LogP) is 2.24. The molecule has 7 heteroatoms. The van der Waals surface area contributed by atoms with Crippen LogP contribution in [0.5, 0.6) is 0 Å². The second-order valence-electron chi connectivity index (χ2n) is 3.82. The van der Waals surface area contributed by atoms with Gasteiger partial charge in [-0.15, -0.1) is 11.3 Å². The maximum atomic E-state index is 12.4. The summed E-state index contributed by atoms with van der Waals surface area (Å²) in [6.07, 6.45) is -4.14. The van der Waals surface area contributed by atoms with E-state index in [-0.39, 0.29) is 4.88 Å². The third-order valence-electron chi connectivity index (χ3n) is 2.30. The predicted molar refractivity (Wildman–Crippen MR) is 66.7 cm³/mol. The topological polar surface area (TPSA) is 53.4 Å². The summed E-state index contributed by atoms with van der Waals surface area (Å²) in [5, 5.41) is 17.2. The van der Waals surface area contributed by atoms with Gasteiger partial charge in [0.25, 0.3) is 0 Å². The van der Waals surface area contributed by atoms with Gasteiger partial charge >= 0.3 is 12.0 Å². The monoisotopic (exact) mass is 299 g/mol. The van der Waals surface area contributed by atoms with Gasteiger partial charge in [0.1, 0.15) is 0 Å². The van der Waals surface area contributed by atoms with Crippen molar-refractivity contribution in [3.8, 4) is 11.8 Å². The molecule has 0 radical (unpaired) electrons. The van der Waals surface area contributed by atoms with Crippen LogP contribution in [0.4, 0.5) is 13.2 Å². The SMILES string of the molecule is OC(O)(c1ncc(C#Cc2ccccc2)s1)C(F)(F)F. The van der Waals surface area contributed by atoms with E-state index in [2.05, 4.69) is 16.8 Å². The van der Waals surface area contributed by atoms with E-state index in [0.29, 0.717) is 16.9 Å². The lowest BCUT2D eigenvalue weighted by Gasteiger charge is -2.21. The van der Waals surface area contributed by atoms with Crippen LogP contribution in [-0.2, 0) is 5.79 Å². The van der Waals surface area contributed by atoms with Crippen molar-refractivity contribution in [2.24, 2.45) is 0 Å². The van der Waals surface area contributed by atoms with Gasteiger partial charge in [0, 0.05) is 5.56 Å². The first kappa shape index (κ1) is 14.5. The van der Waals surface area contributed by atoms with E-state index < -0.39 is 17.0 Å². The molecule has 2 rings (SSSR count). The standard InChI is InChI=1S/C13H8F3NO2S/c14-13(15,16)12(18,19)11-17-8-10(20-11)7-6-9-4-2-1-3-5-9/h1-5,8,18-19H. The summed E-state index contributed by atoms with van der Waals surface area (Å²) in [5.74, 6) is 1.41. The molecule has 0 fully saturated rings. The molecule has 1 aromatic heterocycles. The number of thiazole rings is 1. The summed E-state index contributed by atoms with van der Waals surface area (Å²) < 4.78 is 37.2. The summed E-state index contributed by atoms with van der Waals surface area (Å²) in [6.45, 7) is 0. The quantitative estimate of drug-likeness (QED) is 0.627. The highest BCUT2D eigenvalue weighted by Gasteiger charge is 2.56. The first-order valence-electron chi connectivity index (χ1n) is 5.35. The average molecular weight is 299 g/mol. The number of rotatable bonds is 1. The fourth-order valence-electron chi connectivity index (χ4n) is 1.27. The first-order valence-corrected chi connectivity index (χ1v) is 6.17. The Morgan fingerprint density at radius 3 is 2.30 bits per heavy atom. The van der Waals surface area contributed by atoms with Crippen LogP contribution in [0.25, 0.3) is 0 Å². The van der Waals surface area contributed by atoms with E-state index in [0.717, 1.165) is 6.20 Å². The van der Waals surface area contributed by atoms with Crippen molar-refractivity contribution >= 4 is 11.3 Å². The highest BCUT2D eigenvalue weighted by Crippen LogP contribution is 2.38. The minimum atomic E-state index is -5.21. The number of hydrogen-bond acceptors (Lipinski definition) is 4. The van der Waals surface area contributed by atoms with E-state index in [4.69, 9.17) is 10.2 Å². The molecule has 0 atom stereocenters. The molecule has 2 aromatic rings. The second kappa shape index (κ2) is 5.25. The zero-order chi connectivity index (χ0) is 14.8. The molecule has 0 spiro atoms. The smallest absolute Gasteiger partial charge is 0.353 e. The molecule has 0 aliphatic heterocycles. The maximum absolute atomic E-state index is 12.4. The zero-order valence-corrected chi connectivity index (χ0v) is 10.7. The molecule has 1 heterocycles. The Hall–Kier alpha value is -1.88. The van der Waals surface area contributed by atoms with Crippen molar-refractivity contribution in [3.05, 3.63) is 52.0 Å². The summed E-state index contributed by atoms with van der Waals surface area (Å²) in [4.78, 5) is 3.57. The Labute approximate surface area is 116 Å². The van der Waals surface area contributed by atoms with Crippen molar-refractivity contribution < 1.29 is 23.4 Å². The summed E-state index contributed by atoms with van der Waals surface area (Å²) >= 11 is 0.481. The maximum Gasteiger partial charge on any atom is 0.450 e. The van der Waals surface area contributed by atoms with Gasteiger partial charge in [0.2, 0.25) is 0 Å². The largest absolute Gasteiger partial charge is 0.450 e. The van der Waals surface area contributed by atoms with Crippen LogP contribution in [0.2, 0.25) is 0 Å². The van der Waals surface area contributed by atoms with Gasteiger partial charge in [0.05, 0.1) is 11.1 Å². The molecule has 0 saturated heterocycles. The van der Waals surface area contributed by atoms with Crippen LogP contribution in [0, 0.1) is 11.8 Å². The van der Waals surface area contributed by atoms with E-state index in [1.54, 1.807) is 24.3 Å². The molecule has 0 aliphatic carbocycles. The van der Waals surface area contributed by atoms with Crippen molar-refractivity contribution in [1.29, 1.82) is 0 Å². The number of hydrogen-bond donors (Lipinski definition) is 2.